The van der Waals surface area contributed by atoms with Crippen LogP contribution < -0.4 is 0 Å². The molecule has 1 rings (SSSR count). The van der Waals surface area contributed by atoms with Gasteiger partial charge in [-0.15, -0.1) is 0 Å². The number of aromatic nitrogens is 2. The van der Waals surface area contributed by atoms with E-state index in [2.05, 4.69) is 9.97 Å². The van der Waals surface area contributed by atoms with Crippen LogP contribution in [0.2, 0.25) is 0 Å². The zero-order chi connectivity index (χ0) is 9.68. The maximum atomic E-state index is 11.2. The number of hydroxylamine groups is 2. The second-order valence-corrected chi connectivity index (χ2v) is 2.65. The normalized spacial score (nSPS) is 10.0. The van der Waals surface area contributed by atoms with Gasteiger partial charge in [0.05, 0.1) is 13.4 Å². The Morgan fingerprint density at radius 1 is 1.77 bits per heavy atom. The van der Waals surface area contributed by atoms with Crippen LogP contribution in [0, 0.1) is 0 Å². The molecule has 0 bridgehead atoms. The summed E-state index contributed by atoms with van der Waals surface area (Å²) in [5.74, 6) is -0.0444. The highest BCUT2D eigenvalue weighted by molar-refractivity contribution is 5.74. The second kappa shape index (κ2) is 4.61. The van der Waals surface area contributed by atoms with E-state index in [1.807, 2.05) is 0 Å². The van der Waals surface area contributed by atoms with Crippen molar-refractivity contribution >= 4 is 5.91 Å². The van der Waals surface area contributed by atoms with Crippen LogP contribution >= 0.6 is 0 Å². The first-order chi connectivity index (χ1) is 6.24. The Hall–Kier alpha value is -1.36. The Bertz CT molecular complexity index is 258. The van der Waals surface area contributed by atoms with E-state index >= 15 is 0 Å². The molecule has 0 saturated heterocycles. The first kappa shape index (κ1) is 9.73. The molecule has 0 fully saturated rings. The number of aromatic amines is 1. The minimum atomic E-state index is -0.0444. The summed E-state index contributed by atoms with van der Waals surface area (Å²) in [6, 6.07) is 0. The van der Waals surface area contributed by atoms with Gasteiger partial charge in [-0.2, -0.15) is 0 Å². The van der Waals surface area contributed by atoms with Gasteiger partial charge >= 0.3 is 0 Å². The summed E-state index contributed by atoms with van der Waals surface area (Å²) >= 11 is 0. The van der Waals surface area contributed by atoms with Gasteiger partial charge in [0.1, 0.15) is 0 Å². The minimum Gasteiger partial charge on any atom is -0.348 e. The average molecular weight is 183 g/mol. The van der Waals surface area contributed by atoms with Gasteiger partial charge in [-0.3, -0.25) is 9.63 Å². The van der Waals surface area contributed by atoms with Crippen molar-refractivity contribution in [2.75, 3.05) is 14.2 Å². The molecular weight excluding hydrogens is 170 g/mol. The van der Waals surface area contributed by atoms with Gasteiger partial charge in [-0.05, 0) is 6.42 Å². The van der Waals surface area contributed by atoms with Crippen LogP contribution in [0.15, 0.2) is 12.5 Å². The number of carbonyl (C=O) groups is 1. The van der Waals surface area contributed by atoms with Gasteiger partial charge < -0.3 is 4.98 Å². The standard InChI is InChI=1S/C8H13N3O2/c1-11(13-2)8(12)4-3-7-5-9-6-10-7/h5-6H,3-4H2,1-2H3,(H,9,10). The van der Waals surface area contributed by atoms with Gasteiger partial charge in [-0.1, -0.05) is 0 Å². The number of carbonyl (C=O) groups excluding carboxylic acids is 1. The van der Waals surface area contributed by atoms with Gasteiger partial charge in [0.15, 0.2) is 0 Å². The lowest BCUT2D eigenvalue weighted by Gasteiger charge is -2.12. The van der Waals surface area contributed by atoms with Gasteiger partial charge in [-0.25, -0.2) is 10.0 Å². The molecule has 1 heterocycles. The Morgan fingerprint density at radius 2 is 2.54 bits per heavy atom. The molecule has 0 aliphatic carbocycles. The molecule has 0 aliphatic heterocycles. The second-order valence-electron chi connectivity index (χ2n) is 2.65. The van der Waals surface area contributed by atoms with E-state index in [0.717, 1.165) is 5.69 Å². The molecule has 1 aromatic heterocycles. The fourth-order valence-electron chi connectivity index (χ4n) is 0.922. The van der Waals surface area contributed by atoms with Crippen molar-refractivity contribution in [2.45, 2.75) is 12.8 Å². The summed E-state index contributed by atoms with van der Waals surface area (Å²) in [5, 5.41) is 1.22. The predicted octanol–water partition coefficient (Wildman–Crippen LogP) is 0.362. The van der Waals surface area contributed by atoms with Crippen LogP contribution in [0.25, 0.3) is 0 Å². The van der Waals surface area contributed by atoms with Crippen LogP contribution in [0.3, 0.4) is 0 Å². The Kier molecular flexibility index (Phi) is 3.45. The molecule has 1 amide bonds. The highest BCUT2D eigenvalue weighted by Gasteiger charge is 2.07. The minimum absolute atomic E-state index is 0.0444. The third-order valence-corrected chi connectivity index (χ3v) is 1.79. The smallest absolute Gasteiger partial charge is 0.246 e. The third-order valence-electron chi connectivity index (χ3n) is 1.79. The molecule has 0 atom stereocenters. The zero-order valence-corrected chi connectivity index (χ0v) is 7.78. The van der Waals surface area contributed by atoms with Crippen molar-refractivity contribution in [3.8, 4) is 0 Å². The zero-order valence-electron chi connectivity index (χ0n) is 7.78. The highest BCUT2D eigenvalue weighted by atomic mass is 16.7. The number of H-pyrrole nitrogens is 1. The number of imidazole rings is 1. The van der Waals surface area contributed by atoms with Crippen molar-refractivity contribution in [1.82, 2.24) is 15.0 Å². The molecule has 5 nitrogen and oxygen atoms in total. The van der Waals surface area contributed by atoms with Crippen molar-refractivity contribution in [2.24, 2.45) is 0 Å². The molecule has 0 aliphatic rings. The largest absolute Gasteiger partial charge is 0.348 e. The van der Waals surface area contributed by atoms with Gasteiger partial charge in [0, 0.05) is 25.4 Å². The molecule has 0 radical (unpaired) electrons. The fourth-order valence-corrected chi connectivity index (χ4v) is 0.922. The number of nitrogens with zero attached hydrogens (tertiary/aromatic N) is 2. The van der Waals surface area contributed by atoms with Crippen LogP contribution in [0.1, 0.15) is 12.1 Å². The Morgan fingerprint density at radius 3 is 3.08 bits per heavy atom. The predicted molar refractivity (Wildman–Crippen MR) is 46.7 cm³/mol. The average Bonchev–Trinajstić information content (AvgIpc) is 2.65. The SMILES string of the molecule is CON(C)C(=O)CCc1cnc[nH]1. The van der Waals surface area contributed by atoms with E-state index in [1.54, 1.807) is 19.6 Å². The molecule has 1 aromatic rings. The van der Waals surface area contributed by atoms with E-state index in [1.165, 1.54) is 12.2 Å². The Labute approximate surface area is 76.7 Å². The molecule has 0 saturated carbocycles. The first-order valence-electron chi connectivity index (χ1n) is 4.02. The number of aryl methyl sites for hydroxylation is 1. The highest BCUT2D eigenvalue weighted by Crippen LogP contribution is 1.99. The summed E-state index contributed by atoms with van der Waals surface area (Å²) < 4.78 is 0. The quantitative estimate of drug-likeness (QED) is 0.686. The lowest BCUT2D eigenvalue weighted by molar-refractivity contribution is -0.168. The number of rotatable bonds is 4. The number of hydrogen-bond acceptors (Lipinski definition) is 3. The molecule has 0 unspecified atom stereocenters. The molecule has 72 valence electrons. The third kappa shape index (κ3) is 2.87. The van der Waals surface area contributed by atoms with Crippen LogP contribution in [0.5, 0.6) is 0 Å². The number of nitrogens with one attached hydrogen (secondary N) is 1. The van der Waals surface area contributed by atoms with E-state index in [-0.39, 0.29) is 5.91 Å². The van der Waals surface area contributed by atoms with Gasteiger partial charge in [0.2, 0.25) is 5.91 Å². The molecule has 13 heavy (non-hydrogen) atoms. The molecular formula is C8H13N3O2. The van der Waals surface area contributed by atoms with Crippen LogP contribution in [0.4, 0.5) is 0 Å². The lowest BCUT2D eigenvalue weighted by Crippen LogP contribution is -2.25. The van der Waals surface area contributed by atoms with E-state index in [0.29, 0.717) is 12.8 Å². The summed E-state index contributed by atoms with van der Waals surface area (Å²) in [4.78, 5) is 22.8. The molecule has 0 spiro atoms. The van der Waals surface area contributed by atoms with Crippen LogP contribution in [-0.4, -0.2) is 35.1 Å². The van der Waals surface area contributed by atoms with E-state index < -0.39 is 0 Å². The molecule has 0 aromatic carbocycles. The maximum absolute atomic E-state index is 11.2. The summed E-state index contributed by atoms with van der Waals surface area (Å²) in [5.41, 5.74) is 0.956. The van der Waals surface area contributed by atoms with Gasteiger partial charge in [0.25, 0.3) is 0 Å². The van der Waals surface area contributed by atoms with E-state index in [4.69, 9.17) is 4.84 Å². The number of amides is 1. The van der Waals surface area contributed by atoms with Crippen LogP contribution in [-0.2, 0) is 16.1 Å². The molecule has 1 N–H and O–H groups in total. The van der Waals surface area contributed by atoms with Crippen molar-refractivity contribution in [3.63, 3.8) is 0 Å². The monoisotopic (exact) mass is 183 g/mol. The molecule has 5 heteroatoms. The van der Waals surface area contributed by atoms with Crippen molar-refractivity contribution in [3.05, 3.63) is 18.2 Å². The van der Waals surface area contributed by atoms with E-state index in [9.17, 15) is 4.79 Å². The van der Waals surface area contributed by atoms with Crippen molar-refractivity contribution in [1.29, 1.82) is 0 Å². The lowest BCUT2D eigenvalue weighted by atomic mass is 10.2. The fraction of sp³-hybridized carbons (Fsp3) is 0.500. The topological polar surface area (TPSA) is 58.2 Å². The first-order valence-corrected chi connectivity index (χ1v) is 4.02. The summed E-state index contributed by atoms with van der Waals surface area (Å²) in [6.45, 7) is 0. The number of hydrogen-bond donors (Lipinski definition) is 1. The summed E-state index contributed by atoms with van der Waals surface area (Å²) in [7, 11) is 3.06. The van der Waals surface area contributed by atoms with Crippen molar-refractivity contribution < 1.29 is 9.63 Å². The summed E-state index contributed by atoms with van der Waals surface area (Å²) in [6.07, 6.45) is 4.39. The Balaban J connectivity index is 2.31. The maximum Gasteiger partial charge on any atom is 0.246 e.